The summed E-state index contributed by atoms with van der Waals surface area (Å²) in [4.78, 5) is 12.7. The number of methoxy groups -OCH3 is 1. The van der Waals surface area contributed by atoms with Crippen LogP contribution < -0.4 is 10.1 Å². The molecular formula is C20H23N5O2S. The SMILES string of the molecule is COc1ccc(C)cc1NC(=O)[C@H](C)Sc1nnnn1-c1cc(C)cc(C)c1. The molecular weight excluding hydrogens is 374 g/mol. The van der Waals surface area contributed by atoms with Gasteiger partial charge in [0.05, 0.1) is 23.7 Å². The number of anilines is 1. The molecule has 8 heteroatoms. The van der Waals surface area contributed by atoms with Crippen molar-refractivity contribution < 1.29 is 9.53 Å². The van der Waals surface area contributed by atoms with Gasteiger partial charge in [0.1, 0.15) is 5.75 Å². The molecule has 0 bridgehead atoms. The number of amides is 1. The zero-order valence-corrected chi connectivity index (χ0v) is 17.4. The zero-order valence-electron chi connectivity index (χ0n) is 16.6. The number of thioether (sulfide) groups is 1. The van der Waals surface area contributed by atoms with Crippen LogP contribution in [0.2, 0.25) is 0 Å². The zero-order chi connectivity index (χ0) is 20.3. The summed E-state index contributed by atoms with van der Waals surface area (Å²) in [5.41, 5.74) is 4.81. The Morgan fingerprint density at radius 3 is 2.50 bits per heavy atom. The standard InChI is InChI=1S/C20H23N5O2S/c1-12-6-7-18(27-5)17(11-12)21-19(26)15(4)28-20-22-23-24-25(20)16-9-13(2)8-14(3)10-16/h6-11,15H,1-5H3,(H,21,26)/t15-/m0/s1. The lowest BCUT2D eigenvalue weighted by Crippen LogP contribution is -2.23. The molecule has 0 saturated heterocycles. The van der Waals surface area contributed by atoms with Gasteiger partial charge in [0, 0.05) is 0 Å². The number of ether oxygens (including phenoxy) is 1. The van der Waals surface area contributed by atoms with Gasteiger partial charge in [-0.2, -0.15) is 4.68 Å². The third-order valence-electron chi connectivity index (χ3n) is 4.16. The number of carbonyl (C=O) groups excluding carboxylic acids is 1. The highest BCUT2D eigenvalue weighted by Gasteiger charge is 2.20. The molecule has 0 unspecified atom stereocenters. The molecule has 0 spiro atoms. The Balaban J connectivity index is 1.77. The van der Waals surface area contributed by atoms with Crippen molar-refractivity contribution in [3.63, 3.8) is 0 Å². The summed E-state index contributed by atoms with van der Waals surface area (Å²) >= 11 is 1.30. The van der Waals surface area contributed by atoms with Gasteiger partial charge in [0.2, 0.25) is 11.1 Å². The summed E-state index contributed by atoms with van der Waals surface area (Å²) in [6.45, 7) is 7.84. The minimum atomic E-state index is -0.402. The summed E-state index contributed by atoms with van der Waals surface area (Å²) in [6.07, 6.45) is 0. The lowest BCUT2D eigenvalue weighted by Gasteiger charge is -2.14. The summed E-state index contributed by atoms with van der Waals surface area (Å²) in [5, 5.41) is 15.0. The number of benzene rings is 2. The number of hydrogen-bond donors (Lipinski definition) is 1. The van der Waals surface area contributed by atoms with E-state index in [1.54, 1.807) is 11.8 Å². The van der Waals surface area contributed by atoms with E-state index in [2.05, 4.69) is 26.9 Å². The van der Waals surface area contributed by atoms with Gasteiger partial charge in [0.15, 0.2) is 0 Å². The normalized spacial score (nSPS) is 11.9. The molecule has 1 amide bonds. The Labute approximate surface area is 168 Å². The van der Waals surface area contributed by atoms with Crippen LogP contribution in [0.5, 0.6) is 5.75 Å². The Bertz CT molecular complexity index is 982. The average Bonchev–Trinajstić information content (AvgIpc) is 3.09. The second kappa shape index (κ2) is 8.43. The highest BCUT2D eigenvalue weighted by molar-refractivity contribution is 8.00. The molecule has 1 heterocycles. The summed E-state index contributed by atoms with van der Waals surface area (Å²) in [5.74, 6) is 0.472. The van der Waals surface area contributed by atoms with E-state index in [1.165, 1.54) is 11.8 Å². The highest BCUT2D eigenvalue weighted by Crippen LogP contribution is 2.28. The van der Waals surface area contributed by atoms with Crippen LogP contribution in [0.25, 0.3) is 5.69 Å². The van der Waals surface area contributed by atoms with Gasteiger partial charge < -0.3 is 10.1 Å². The van der Waals surface area contributed by atoms with E-state index in [0.717, 1.165) is 22.4 Å². The quantitative estimate of drug-likeness (QED) is 0.639. The molecule has 146 valence electrons. The van der Waals surface area contributed by atoms with Crippen molar-refractivity contribution >= 4 is 23.4 Å². The van der Waals surface area contributed by atoms with E-state index in [4.69, 9.17) is 4.74 Å². The molecule has 1 N–H and O–H groups in total. The predicted molar refractivity (Wildman–Crippen MR) is 110 cm³/mol. The molecule has 1 aromatic heterocycles. The average molecular weight is 398 g/mol. The second-order valence-corrected chi connectivity index (χ2v) is 7.98. The summed E-state index contributed by atoms with van der Waals surface area (Å²) < 4.78 is 6.98. The number of rotatable bonds is 6. The molecule has 0 saturated carbocycles. The second-order valence-electron chi connectivity index (χ2n) is 6.67. The summed E-state index contributed by atoms with van der Waals surface area (Å²) in [6, 6.07) is 11.8. The fraction of sp³-hybridized carbons (Fsp3) is 0.300. The topological polar surface area (TPSA) is 81.9 Å². The van der Waals surface area contributed by atoms with E-state index in [-0.39, 0.29) is 5.91 Å². The first-order valence-electron chi connectivity index (χ1n) is 8.86. The van der Waals surface area contributed by atoms with E-state index < -0.39 is 5.25 Å². The Morgan fingerprint density at radius 2 is 1.82 bits per heavy atom. The van der Waals surface area contributed by atoms with Gasteiger partial charge in [0.25, 0.3) is 0 Å². The van der Waals surface area contributed by atoms with Crippen LogP contribution in [0.4, 0.5) is 5.69 Å². The fourth-order valence-corrected chi connectivity index (χ4v) is 3.66. The number of aryl methyl sites for hydroxylation is 3. The molecule has 0 radical (unpaired) electrons. The number of hydrogen-bond acceptors (Lipinski definition) is 6. The van der Waals surface area contributed by atoms with Crippen molar-refractivity contribution in [2.24, 2.45) is 0 Å². The van der Waals surface area contributed by atoms with Gasteiger partial charge in [-0.3, -0.25) is 4.79 Å². The van der Waals surface area contributed by atoms with Crippen molar-refractivity contribution in [1.29, 1.82) is 0 Å². The highest BCUT2D eigenvalue weighted by atomic mass is 32.2. The molecule has 1 atom stereocenters. The monoisotopic (exact) mass is 397 g/mol. The molecule has 0 aliphatic rings. The lowest BCUT2D eigenvalue weighted by atomic mass is 10.1. The third-order valence-corrected chi connectivity index (χ3v) is 5.19. The van der Waals surface area contributed by atoms with Crippen LogP contribution in [-0.2, 0) is 4.79 Å². The predicted octanol–water partition coefficient (Wildman–Crippen LogP) is 3.72. The first-order valence-corrected chi connectivity index (χ1v) is 9.74. The van der Waals surface area contributed by atoms with Gasteiger partial charge in [-0.25, -0.2) is 0 Å². The maximum atomic E-state index is 12.7. The van der Waals surface area contributed by atoms with Gasteiger partial charge in [-0.1, -0.05) is 23.9 Å². The molecule has 0 aliphatic heterocycles. The lowest BCUT2D eigenvalue weighted by molar-refractivity contribution is -0.115. The van der Waals surface area contributed by atoms with Crippen LogP contribution in [0, 0.1) is 20.8 Å². The third kappa shape index (κ3) is 4.51. The van der Waals surface area contributed by atoms with Gasteiger partial charge in [-0.15, -0.1) is 5.10 Å². The molecule has 3 rings (SSSR count). The first-order chi connectivity index (χ1) is 13.4. The Morgan fingerprint density at radius 1 is 1.11 bits per heavy atom. The minimum Gasteiger partial charge on any atom is -0.495 e. The maximum absolute atomic E-state index is 12.7. The van der Waals surface area contributed by atoms with Gasteiger partial charge >= 0.3 is 0 Å². The largest absolute Gasteiger partial charge is 0.495 e. The minimum absolute atomic E-state index is 0.149. The molecule has 0 fully saturated rings. The van der Waals surface area contributed by atoms with E-state index >= 15 is 0 Å². The van der Waals surface area contributed by atoms with Crippen LogP contribution >= 0.6 is 11.8 Å². The Hall–Kier alpha value is -2.87. The summed E-state index contributed by atoms with van der Waals surface area (Å²) in [7, 11) is 1.58. The fourth-order valence-electron chi connectivity index (χ4n) is 2.85. The molecule has 3 aromatic rings. The first kappa shape index (κ1) is 19.9. The van der Waals surface area contributed by atoms with Gasteiger partial charge in [-0.05, 0) is 79.1 Å². The van der Waals surface area contributed by atoms with Crippen molar-refractivity contribution in [3.05, 3.63) is 53.1 Å². The van der Waals surface area contributed by atoms with Crippen molar-refractivity contribution in [2.75, 3.05) is 12.4 Å². The number of nitrogens with zero attached hydrogens (tertiary/aromatic N) is 4. The van der Waals surface area contributed by atoms with Crippen LogP contribution in [0.15, 0.2) is 41.6 Å². The number of aromatic nitrogens is 4. The number of tetrazole rings is 1. The smallest absolute Gasteiger partial charge is 0.237 e. The van der Waals surface area contributed by atoms with Crippen molar-refractivity contribution in [1.82, 2.24) is 20.2 Å². The Kier molecular flexibility index (Phi) is 5.99. The van der Waals surface area contributed by atoms with E-state index in [0.29, 0.717) is 16.6 Å². The molecule has 28 heavy (non-hydrogen) atoms. The number of nitrogens with one attached hydrogen (secondary N) is 1. The van der Waals surface area contributed by atoms with Crippen molar-refractivity contribution in [3.8, 4) is 11.4 Å². The molecule has 7 nitrogen and oxygen atoms in total. The van der Waals surface area contributed by atoms with E-state index in [9.17, 15) is 4.79 Å². The van der Waals surface area contributed by atoms with E-state index in [1.807, 2.05) is 58.0 Å². The van der Waals surface area contributed by atoms with Crippen LogP contribution in [0.1, 0.15) is 23.6 Å². The molecule has 2 aromatic carbocycles. The van der Waals surface area contributed by atoms with Crippen LogP contribution in [0.3, 0.4) is 0 Å². The maximum Gasteiger partial charge on any atom is 0.237 e. The molecule has 0 aliphatic carbocycles. The van der Waals surface area contributed by atoms with Crippen LogP contribution in [-0.4, -0.2) is 38.5 Å². The van der Waals surface area contributed by atoms with Crippen molar-refractivity contribution in [2.45, 2.75) is 38.1 Å². The number of carbonyl (C=O) groups is 1.